The van der Waals surface area contributed by atoms with Crippen molar-refractivity contribution in [2.45, 2.75) is 129 Å². The van der Waals surface area contributed by atoms with Crippen LogP contribution in [0.2, 0.25) is 0 Å². The molecule has 1 aromatic carbocycles. The van der Waals surface area contributed by atoms with Gasteiger partial charge in [-0.25, -0.2) is 9.59 Å². The smallest absolute Gasteiger partial charge is 0.337 e. The van der Waals surface area contributed by atoms with Crippen molar-refractivity contribution in [1.82, 2.24) is 5.32 Å². The van der Waals surface area contributed by atoms with Gasteiger partial charge in [0.2, 0.25) is 12.7 Å². The predicted octanol–water partition coefficient (Wildman–Crippen LogP) is 5.24. The number of ketones is 1. The third-order valence-electron chi connectivity index (χ3n) is 8.03. The molecule has 0 heterocycles. The van der Waals surface area contributed by atoms with Gasteiger partial charge < -0.3 is 35.2 Å². The number of unbranched alkanes of at least 4 members (excludes halogenated alkanes) is 8. The summed E-state index contributed by atoms with van der Waals surface area (Å²) in [5, 5.41) is 42.3. The van der Waals surface area contributed by atoms with E-state index in [1.165, 1.54) is 36.8 Å². The molecule has 0 aliphatic rings. The van der Waals surface area contributed by atoms with Crippen LogP contribution in [0, 0.1) is 11.3 Å². The molecule has 0 saturated heterocycles. The van der Waals surface area contributed by atoms with E-state index >= 15 is 0 Å². The summed E-state index contributed by atoms with van der Waals surface area (Å²) < 4.78 is 10.1. The van der Waals surface area contributed by atoms with Crippen molar-refractivity contribution in [2.75, 3.05) is 6.79 Å². The molecule has 0 spiro atoms. The average molecular weight is 706 g/mol. The molecule has 3 atom stereocenters. The number of carbonyl (C=O) groups is 6. The molecule has 1 aromatic rings. The maximum atomic E-state index is 13.6. The molecule has 0 bridgehead atoms. The number of aromatic hydroxyl groups is 1. The summed E-state index contributed by atoms with van der Waals surface area (Å²) >= 11 is 0. The molecule has 0 saturated carbocycles. The van der Waals surface area contributed by atoms with Gasteiger partial charge in [-0.15, -0.1) is 0 Å². The van der Waals surface area contributed by atoms with Crippen LogP contribution in [0.5, 0.6) is 5.75 Å². The van der Waals surface area contributed by atoms with Crippen molar-refractivity contribution in [3.05, 3.63) is 42.0 Å². The van der Waals surface area contributed by atoms with Crippen molar-refractivity contribution in [3.8, 4) is 5.75 Å². The van der Waals surface area contributed by atoms with Crippen LogP contribution in [0.25, 0.3) is 0 Å². The summed E-state index contributed by atoms with van der Waals surface area (Å²) in [4.78, 5) is 74.7. The van der Waals surface area contributed by atoms with Crippen molar-refractivity contribution in [3.63, 3.8) is 0 Å². The van der Waals surface area contributed by atoms with Gasteiger partial charge in [0.15, 0.2) is 5.60 Å². The number of phenolic OH excluding ortho intramolecular Hbond substituents is 1. The molecule has 0 unspecified atom stereocenters. The average Bonchev–Trinajstić information content (AvgIpc) is 3.03. The second-order valence-corrected chi connectivity index (χ2v) is 13.6. The van der Waals surface area contributed by atoms with Gasteiger partial charge in [0.1, 0.15) is 17.6 Å². The SMILES string of the molecule is CCCCCCCC(=O)CCCCCC/C=C/[C@H](C(=O)N[C@@H](Cc1ccc(O)cc1)C(=O)OCOC(=O)C(C)(C)C)[C@@](O)(CC(=O)O)C(=O)O. The Morgan fingerprint density at radius 2 is 1.42 bits per heavy atom. The van der Waals surface area contributed by atoms with Crippen molar-refractivity contribution in [1.29, 1.82) is 0 Å². The standard InChI is InChI=1S/C37H55NO12/c1-5-6-7-10-13-16-27(39)17-14-11-8-9-12-15-18-29(37(48,34(45)46)24-31(41)42)32(43)38-30(23-26-19-21-28(40)22-20-26)33(44)49-25-50-35(47)36(2,3)4/h15,18-22,29-30,40,48H,5-14,16-17,23-25H2,1-4H3,(H,38,43)(H,41,42)(H,45,46)/b18-15+/t29-,30+,37+/m1/s1. The number of amides is 1. The van der Waals surface area contributed by atoms with Gasteiger partial charge in [0, 0.05) is 19.3 Å². The summed E-state index contributed by atoms with van der Waals surface area (Å²) in [5.41, 5.74) is -3.50. The van der Waals surface area contributed by atoms with Crippen LogP contribution >= 0.6 is 0 Å². The molecule has 0 aromatic heterocycles. The number of rotatable bonds is 25. The molecule has 5 N–H and O–H groups in total. The maximum absolute atomic E-state index is 13.6. The molecular formula is C37H55NO12. The van der Waals surface area contributed by atoms with Crippen LogP contribution in [-0.2, 0) is 44.7 Å². The van der Waals surface area contributed by atoms with Crippen LogP contribution in [0.4, 0.5) is 0 Å². The van der Waals surface area contributed by atoms with Crippen LogP contribution in [-0.4, -0.2) is 74.4 Å². The number of nitrogens with one attached hydrogen (secondary N) is 1. The zero-order chi connectivity index (χ0) is 37.7. The fourth-order valence-electron chi connectivity index (χ4n) is 5.01. The number of carboxylic acids is 2. The zero-order valence-electron chi connectivity index (χ0n) is 29.8. The number of aliphatic hydroxyl groups is 1. The van der Waals surface area contributed by atoms with Crippen LogP contribution in [0.15, 0.2) is 36.4 Å². The number of carboxylic acid groups (broad SMARTS) is 2. The Hall–Kier alpha value is -4.26. The summed E-state index contributed by atoms with van der Waals surface area (Å²) in [7, 11) is 0. The molecule has 0 radical (unpaired) electrons. The third-order valence-corrected chi connectivity index (χ3v) is 8.03. The first-order valence-corrected chi connectivity index (χ1v) is 17.3. The van der Waals surface area contributed by atoms with E-state index in [4.69, 9.17) is 9.47 Å². The fourth-order valence-corrected chi connectivity index (χ4v) is 5.01. The number of hydrogen-bond donors (Lipinski definition) is 5. The highest BCUT2D eigenvalue weighted by Gasteiger charge is 2.49. The number of allylic oxidation sites excluding steroid dienone is 1. The molecule has 0 aliphatic heterocycles. The Balaban J connectivity index is 3.01. The second-order valence-electron chi connectivity index (χ2n) is 13.6. The van der Waals surface area contributed by atoms with E-state index in [9.17, 15) is 49.2 Å². The highest BCUT2D eigenvalue weighted by Crippen LogP contribution is 2.26. The van der Waals surface area contributed by atoms with E-state index in [-0.39, 0.29) is 18.0 Å². The number of esters is 2. The minimum absolute atomic E-state index is 0.0574. The van der Waals surface area contributed by atoms with Crippen molar-refractivity contribution in [2.24, 2.45) is 11.3 Å². The molecule has 50 heavy (non-hydrogen) atoms. The van der Waals surface area contributed by atoms with Gasteiger partial charge in [-0.2, -0.15) is 0 Å². The first kappa shape index (κ1) is 43.8. The number of Topliss-reactive ketones (excluding diaryl/α,β-unsaturated/α-hetero) is 1. The molecule has 13 heteroatoms. The van der Waals surface area contributed by atoms with Crippen LogP contribution < -0.4 is 5.32 Å². The highest BCUT2D eigenvalue weighted by atomic mass is 16.7. The Bertz CT molecular complexity index is 1280. The number of aliphatic carboxylic acids is 2. The molecule has 0 aliphatic carbocycles. The summed E-state index contributed by atoms with van der Waals surface area (Å²) in [5.74, 6) is -8.23. The molecular weight excluding hydrogens is 650 g/mol. The lowest BCUT2D eigenvalue weighted by molar-refractivity contribution is -0.176. The number of benzene rings is 1. The normalized spacial score (nSPS) is 13.9. The maximum Gasteiger partial charge on any atom is 0.337 e. The van der Waals surface area contributed by atoms with E-state index in [0.717, 1.165) is 51.0 Å². The molecule has 1 rings (SSSR count). The number of hydrogen-bond acceptors (Lipinski definition) is 10. The lowest BCUT2D eigenvalue weighted by atomic mass is 9.82. The first-order chi connectivity index (χ1) is 23.5. The van der Waals surface area contributed by atoms with Gasteiger partial charge >= 0.3 is 23.9 Å². The zero-order valence-corrected chi connectivity index (χ0v) is 29.8. The summed E-state index contributed by atoms with van der Waals surface area (Å²) in [6.07, 6.45) is 10.9. The van der Waals surface area contributed by atoms with E-state index < -0.39 is 66.0 Å². The minimum atomic E-state index is -3.07. The quantitative estimate of drug-likeness (QED) is 0.0382. The van der Waals surface area contributed by atoms with Gasteiger partial charge in [-0.3, -0.25) is 19.2 Å². The van der Waals surface area contributed by atoms with Gasteiger partial charge in [0.05, 0.1) is 17.8 Å². The summed E-state index contributed by atoms with van der Waals surface area (Å²) in [6.45, 7) is 6.16. The second kappa shape index (κ2) is 22.5. The Labute approximate surface area is 294 Å². The van der Waals surface area contributed by atoms with Gasteiger partial charge in [0.25, 0.3) is 0 Å². The molecule has 280 valence electrons. The number of phenols is 1. The Morgan fingerprint density at radius 3 is 1.96 bits per heavy atom. The lowest BCUT2D eigenvalue weighted by Crippen LogP contribution is -2.55. The van der Waals surface area contributed by atoms with E-state index in [0.29, 0.717) is 31.2 Å². The summed E-state index contributed by atoms with van der Waals surface area (Å²) in [6, 6.07) is 4.15. The lowest BCUT2D eigenvalue weighted by Gasteiger charge is -2.30. The highest BCUT2D eigenvalue weighted by molar-refractivity contribution is 5.95. The minimum Gasteiger partial charge on any atom is -0.508 e. The Morgan fingerprint density at radius 1 is 0.840 bits per heavy atom. The van der Waals surface area contributed by atoms with Gasteiger partial charge in [-0.05, 0) is 64.2 Å². The molecule has 1 amide bonds. The number of carbonyl (C=O) groups excluding carboxylic acids is 4. The largest absolute Gasteiger partial charge is 0.508 e. The number of ether oxygens (including phenoxy) is 2. The molecule has 13 nitrogen and oxygen atoms in total. The van der Waals surface area contributed by atoms with E-state index in [1.807, 2.05) is 0 Å². The predicted molar refractivity (Wildman–Crippen MR) is 184 cm³/mol. The van der Waals surface area contributed by atoms with E-state index in [2.05, 4.69) is 12.2 Å². The van der Waals surface area contributed by atoms with Gasteiger partial charge in [-0.1, -0.05) is 69.7 Å². The fraction of sp³-hybridized carbons (Fsp3) is 0.622. The van der Waals surface area contributed by atoms with Crippen LogP contribution in [0.1, 0.15) is 117 Å². The monoisotopic (exact) mass is 705 g/mol. The molecule has 0 fully saturated rings. The van der Waals surface area contributed by atoms with Crippen LogP contribution in [0.3, 0.4) is 0 Å². The third kappa shape index (κ3) is 16.9. The van der Waals surface area contributed by atoms with E-state index in [1.54, 1.807) is 20.8 Å². The van der Waals surface area contributed by atoms with Crippen molar-refractivity contribution < 1.29 is 58.7 Å². The Kier molecular flexibility index (Phi) is 19.7. The first-order valence-electron chi connectivity index (χ1n) is 17.3. The van der Waals surface area contributed by atoms with Crippen molar-refractivity contribution >= 4 is 35.6 Å². The topological polar surface area (TPSA) is 214 Å².